The number of halogens is 1. The molecule has 6 heteroatoms. The molecule has 5 nitrogen and oxygen atoms in total. The molecule has 2 aromatic carbocycles. The Labute approximate surface area is 142 Å². The number of ether oxygens (including phenoxy) is 2. The van der Waals surface area contributed by atoms with E-state index >= 15 is 0 Å². The van der Waals surface area contributed by atoms with E-state index in [2.05, 4.69) is 11.1 Å². The fraction of sp³-hybridized carbons (Fsp3) is 0.111. The van der Waals surface area contributed by atoms with Crippen molar-refractivity contribution in [3.63, 3.8) is 0 Å². The van der Waals surface area contributed by atoms with Crippen LogP contribution < -0.4 is 4.74 Å². The minimum atomic E-state index is 0.167. The number of oxazole rings is 1. The lowest BCUT2D eigenvalue weighted by Gasteiger charge is -2.20. The van der Waals surface area contributed by atoms with Crippen LogP contribution in [-0.2, 0) is 11.3 Å². The molecule has 0 atom stereocenters. The Morgan fingerprint density at radius 3 is 3.00 bits per heavy atom. The second-order valence-electron chi connectivity index (χ2n) is 5.25. The Morgan fingerprint density at radius 2 is 2.17 bits per heavy atom. The summed E-state index contributed by atoms with van der Waals surface area (Å²) in [5.41, 5.74) is 3.16. The third-order valence-corrected chi connectivity index (χ3v) is 3.87. The van der Waals surface area contributed by atoms with Crippen molar-refractivity contribution in [1.82, 2.24) is 4.98 Å². The summed E-state index contributed by atoms with van der Waals surface area (Å²) in [6.07, 6.45) is 1.67. The van der Waals surface area contributed by atoms with Gasteiger partial charge in [-0.25, -0.2) is 4.98 Å². The molecule has 0 aliphatic carbocycles. The molecule has 1 aliphatic rings. The van der Waals surface area contributed by atoms with E-state index in [1.165, 1.54) is 0 Å². The van der Waals surface area contributed by atoms with Gasteiger partial charge in [0.2, 0.25) is 5.89 Å². The van der Waals surface area contributed by atoms with Crippen LogP contribution in [0.1, 0.15) is 17.0 Å². The van der Waals surface area contributed by atoms with Gasteiger partial charge in [0, 0.05) is 16.1 Å². The lowest BCUT2D eigenvalue weighted by molar-refractivity contribution is -0.0165. The number of nitrogens with zero attached hydrogens (tertiary/aromatic N) is 2. The molecule has 4 rings (SSSR count). The largest absolute Gasteiger partial charge is 0.467 e. The first-order valence-corrected chi connectivity index (χ1v) is 7.63. The van der Waals surface area contributed by atoms with Gasteiger partial charge in [0.25, 0.3) is 0 Å². The number of aromatic nitrogens is 1. The topological polar surface area (TPSA) is 68.3 Å². The van der Waals surface area contributed by atoms with Crippen LogP contribution in [-0.4, -0.2) is 11.8 Å². The van der Waals surface area contributed by atoms with Crippen LogP contribution in [0.3, 0.4) is 0 Å². The third kappa shape index (κ3) is 2.62. The summed E-state index contributed by atoms with van der Waals surface area (Å²) in [6, 6.07) is 13.0. The zero-order valence-corrected chi connectivity index (χ0v) is 13.2. The molecule has 2 heterocycles. The number of allylic oxidation sites excluding steroid dienone is 1. The number of para-hydroxylation sites is 2. The number of benzene rings is 2. The summed E-state index contributed by atoms with van der Waals surface area (Å²) in [6.45, 7) is 0.585. The van der Waals surface area contributed by atoms with Crippen LogP contribution >= 0.6 is 11.6 Å². The first-order chi connectivity index (χ1) is 11.7. The van der Waals surface area contributed by atoms with Gasteiger partial charge in [-0.05, 0) is 30.3 Å². The molecule has 0 saturated heterocycles. The molecule has 1 aromatic heterocycles. The second kappa shape index (κ2) is 6.00. The highest BCUT2D eigenvalue weighted by atomic mass is 35.5. The predicted octanol–water partition coefficient (Wildman–Crippen LogP) is 4.41. The Hall–Kier alpha value is -2.81. The average molecular weight is 339 g/mol. The monoisotopic (exact) mass is 338 g/mol. The van der Waals surface area contributed by atoms with Crippen molar-refractivity contribution >= 4 is 34.3 Å². The smallest absolute Gasteiger partial charge is 0.238 e. The highest BCUT2D eigenvalue weighted by molar-refractivity contribution is 6.30. The average Bonchev–Trinajstić information content (AvgIpc) is 3.03. The second-order valence-corrected chi connectivity index (χ2v) is 5.69. The van der Waals surface area contributed by atoms with Gasteiger partial charge < -0.3 is 13.9 Å². The van der Waals surface area contributed by atoms with Gasteiger partial charge in [-0.15, -0.1) is 0 Å². The van der Waals surface area contributed by atoms with E-state index in [0.29, 0.717) is 39.6 Å². The van der Waals surface area contributed by atoms with Crippen molar-refractivity contribution in [2.75, 3.05) is 6.79 Å². The standard InChI is InChI=1S/C18H11ClN2O3/c19-14-6-11(17-13(7-14)9-22-10-23-17)5-12(8-20)18-21-15-3-1-2-4-16(15)24-18/h1-7H,9-10H2/b12-5+. The fourth-order valence-corrected chi connectivity index (χ4v) is 2.85. The minimum Gasteiger partial charge on any atom is -0.467 e. The molecular formula is C18H11ClN2O3. The number of fused-ring (bicyclic) bond motifs is 2. The molecule has 0 radical (unpaired) electrons. The van der Waals surface area contributed by atoms with Crippen molar-refractivity contribution in [3.05, 3.63) is 58.4 Å². The molecular weight excluding hydrogens is 328 g/mol. The summed E-state index contributed by atoms with van der Waals surface area (Å²) in [5, 5.41) is 10.1. The van der Waals surface area contributed by atoms with E-state index in [1.807, 2.05) is 24.3 Å². The Balaban J connectivity index is 1.84. The lowest BCUT2D eigenvalue weighted by Crippen LogP contribution is -2.12. The van der Waals surface area contributed by atoms with Crippen LogP contribution in [0, 0.1) is 11.3 Å². The summed E-state index contributed by atoms with van der Waals surface area (Å²) in [5.74, 6) is 0.925. The van der Waals surface area contributed by atoms with Gasteiger partial charge in [0.05, 0.1) is 6.61 Å². The maximum atomic E-state index is 9.52. The molecule has 24 heavy (non-hydrogen) atoms. The van der Waals surface area contributed by atoms with E-state index in [0.717, 1.165) is 5.56 Å². The first kappa shape index (κ1) is 14.8. The van der Waals surface area contributed by atoms with E-state index in [4.69, 9.17) is 25.5 Å². The van der Waals surface area contributed by atoms with E-state index in [-0.39, 0.29) is 12.7 Å². The van der Waals surface area contributed by atoms with Gasteiger partial charge in [-0.1, -0.05) is 23.7 Å². The van der Waals surface area contributed by atoms with E-state index < -0.39 is 0 Å². The van der Waals surface area contributed by atoms with Crippen molar-refractivity contribution in [2.45, 2.75) is 6.61 Å². The molecule has 3 aromatic rings. The van der Waals surface area contributed by atoms with Gasteiger partial charge in [-0.2, -0.15) is 5.26 Å². The van der Waals surface area contributed by atoms with Crippen molar-refractivity contribution in [1.29, 1.82) is 5.26 Å². The molecule has 0 spiro atoms. The lowest BCUT2D eigenvalue weighted by atomic mass is 10.1. The molecule has 0 amide bonds. The minimum absolute atomic E-state index is 0.167. The third-order valence-electron chi connectivity index (χ3n) is 3.65. The highest BCUT2D eigenvalue weighted by Crippen LogP contribution is 2.34. The quantitative estimate of drug-likeness (QED) is 0.647. The van der Waals surface area contributed by atoms with Crippen LogP contribution in [0.25, 0.3) is 22.7 Å². The maximum Gasteiger partial charge on any atom is 0.238 e. The molecule has 0 unspecified atom stereocenters. The zero-order valence-electron chi connectivity index (χ0n) is 12.5. The van der Waals surface area contributed by atoms with Gasteiger partial charge in [0.15, 0.2) is 12.4 Å². The highest BCUT2D eigenvalue weighted by Gasteiger charge is 2.17. The molecule has 1 aliphatic heterocycles. The SMILES string of the molecule is N#C/C(=C\c1cc(Cl)cc2c1OCOC2)c1nc2ccccc2o1. The van der Waals surface area contributed by atoms with Crippen LogP contribution in [0.5, 0.6) is 5.75 Å². The van der Waals surface area contributed by atoms with Crippen LogP contribution in [0.4, 0.5) is 0 Å². The Kier molecular flexibility index (Phi) is 3.69. The number of hydrogen-bond acceptors (Lipinski definition) is 5. The predicted molar refractivity (Wildman–Crippen MR) is 89.2 cm³/mol. The molecule has 0 saturated carbocycles. The number of rotatable bonds is 2. The van der Waals surface area contributed by atoms with Gasteiger partial charge in [-0.3, -0.25) is 0 Å². The van der Waals surface area contributed by atoms with Crippen LogP contribution in [0.2, 0.25) is 5.02 Å². The Morgan fingerprint density at radius 1 is 1.29 bits per heavy atom. The summed E-state index contributed by atoms with van der Waals surface area (Å²) in [7, 11) is 0. The van der Waals surface area contributed by atoms with Gasteiger partial charge in [0.1, 0.15) is 22.9 Å². The molecule has 0 fully saturated rings. The summed E-state index contributed by atoms with van der Waals surface area (Å²) < 4.78 is 16.5. The fourth-order valence-electron chi connectivity index (χ4n) is 2.60. The van der Waals surface area contributed by atoms with E-state index in [1.54, 1.807) is 18.2 Å². The van der Waals surface area contributed by atoms with Crippen LogP contribution in [0.15, 0.2) is 40.8 Å². The first-order valence-electron chi connectivity index (χ1n) is 7.25. The maximum absolute atomic E-state index is 9.52. The zero-order chi connectivity index (χ0) is 16.5. The van der Waals surface area contributed by atoms with Crippen molar-refractivity contribution < 1.29 is 13.9 Å². The Bertz CT molecular complexity index is 968. The number of nitriles is 1. The molecule has 0 N–H and O–H groups in total. The van der Waals surface area contributed by atoms with E-state index in [9.17, 15) is 5.26 Å². The van der Waals surface area contributed by atoms with Crippen molar-refractivity contribution in [3.8, 4) is 11.8 Å². The summed E-state index contributed by atoms with van der Waals surface area (Å²) >= 11 is 6.16. The summed E-state index contributed by atoms with van der Waals surface area (Å²) in [4.78, 5) is 4.36. The molecule has 0 bridgehead atoms. The van der Waals surface area contributed by atoms with Crippen molar-refractivity contribution in [2.24, 2.45) is 0 Å². The molecule has 118 valence electrons. The number of hydrogen-bond donors (Lipinski definition) is 0. The van der Waals surface area contributed by atoms with Gasteiger partial charge >= 0.3 is 0 Å². The normalized spacial score (nSPS) is 14.1.